The van der Waals surface area contributed by atoms with Gasteiger partial charge in [-0.1, -0.05) is 29.3 Å². The zero-order chi connectivity index (χ0) is 17.1. The summed E-state index contributed by atoms with van der Waals surface area (Å²) in [5.41, 5.74) is 2.15. The fourth-order valence-corrected chi connectivity index (χ4v) is 3.55. The minimum Gasteiger partial charge on any atom is -0.481 e. The zero-order valence-electron chi connectivity index (χ0n) is 13.0. The lowest BCUT2D eigenvalue weighted by Gasteiger charge is -2.37. The van der Waals surface area contributed by atoms with Crippen LogP contribution in [0.1, 0.15) is 30.0 Å². The number of benzene rings is 1. The second-order valence-corrected chi connectivity index (χ2v) is 6.82. The first-order valence-corrected chi connectivity index (χ1v) is 8.63. The van der Waals surface area contributed by atoms with E-state index in [1.807, 2.05) is 24.3 Å². The number of carboxylic acids is 1. The summed E-state index contributed by atoms with van der Waals surface area (Å²) in [5, 5.41) is 10.3. The van der Waals surface area contributed by atoms with E-state index in [0.29, 0.717) is 22.9 Å². The summed E-state index contributed by atoms with van der Waals surface area (Å²) < 4.78 is 0. The zero-order valence-corrected chi connectivity index (χ0v) is 14.5. The van der Waals surface area contributed by atoms with Crippen LogP contribution in [0.4, 0.5) is 0 Å². The molecular formula is C18H18Cl2N2O2. The molecule has 2 aromatic rings. The molecule has 0 radical (unpaired) electrons. The number of rotatable bonds is 4. The van der Waals surface area contributed by atoms with Gasteiger partial charge in [0.25, 0.3) is 0 Å². The van der Waals surface area contributed by atoms with Crippen LogP contribution in [0.25, 0.3) is 0 Å². The van der Waals surface area contributed by atoms with Gasteiger partial charge in [0.15, 0.2) is 0 Å². The highest BCUT2D eigenvalue weighted by atomic mass is 35.5. The Morgan fingerprint density at radius 1 is 1.08 bits per heavy atom. The van der Waals surface area contributed by atoms with Crippen molar-refractivity contribution in [2.24, 2.45) is 5.92 Å². The molecule has 1 aliphatic heterocycles. The molecule has 0 saturated carbocycles. The molecule has 1 atom stereocenters. The predicted octanol–water partition coefficient (Wildman–Crippen LogP) is 4.27. The van der Waals surface area contributed by atoms with Crippen LogP contribution in [-0.2, 0) is 4.79 Å². The van der Waals surface area contributed by atoms with Crippen molar-refractivity contribution in [3.05, 3.63) is 63.9 Å². The minimum atomic E-state index is -0.704. The number of hydrogen-bond acceptors (Lipinski definition) is 3. The lowest BCUT2D eigenvalue weighted by atomic mass is 9.91. The van der Waals surface area contributed by atoms with E-state index < -0.39 is 5.97 Å². The van der Waals surface area contributed by atoms with Gasteiger partial charge in [0.2, 0.25) is 0 Å². The molecule has 126 valence electrons. The first kappa shape index (κ1) is 17.2. The number of carbonyl (C=O) groups is 1. The van der Waals surface area contributed by atoms with E-state index in [-0.39, 0.29) is 12.0 Å². The number of aromatic nitrogens is 1. The van der Waals surface area contributed by atoms with Crippen LogP contribution in [0.15, 0.2) is 42.7 Å². The molecule has 0 aliphatic carbocycles. The Hall–Kier alpha value is -1.62. The standard InChI is InChI=1S/C18H18Cl2N2O2/c19-15-2-1-14(11-16(15)20)17(12-3-7-21-8-4-12)22-9-5-13(6-10-22)18(23)24/h1-4,7-8,11,13,17H,5-6,9-10H2,(H,23,24). The van der Waals surface area contributed by atoms with Crippen molar-refractivity contribution < 1.29 is 9.90 Å². The Morgan fingerprint density at radius 2 is 1.75 bits per heavy atom. The Kier molecular flexibility index (Phi) is 5.39. The summed E-state index contributed by atoms with van der Waals surface area (Å²) in [7, 11) is 0. The first-order chi connectivity index (χ1) is 11.6. The van der Waals surface area contributed by atoms with Gasteiger partial charge in [-0.15, -0.1) is 0 Å². The molecule has 1 fully saturated rings. The van der Waals surface area contributed by atoms with E-state index in [1.54, 1.807) is 18.5 Å². The van der Waals surface area contributed by atoms with Crippen molar-refractivity contribution in [1.29, 1.82) is 0 Å². The number of halogens is 2. The van der Waals surface area contributed by atoms with Crippen molar-refractivity contribution in [3.63, 3.8) is 0 Å². The highest BCUT2D eigenvalue weighted by Gasteiger charge is 2.30. The van der Waals surface area contributed by atoms with Crippen LogP contribution in [0, 0.1) is 5.92 Å². The summed E-state index contributed by atoms with van der Waals surface area (Å²) in [6, 6.07) is 9.64. The maximum atomic E-state index is 11.2. The first-order valence-electron chi connectivity index (χ1n) is 7.88. The molecular weight excluding hydrogens is 347 g/mol. The Labute approximate surface area is 151 Å². The molecule has 24 heavy (non-hydrogen) atoms. The number of carboxylic acid groups (broad SMARTS) is 1. The smallest absolute Gasteiger partial charge is 0.306 e. The summed E-state index contributed by atoms with van der Waals surface area (Å²) in [6.45, 7) is 1.45. The Balaban J connectivity index is 1.91. The summed E-state index contributed by atoms with van der Waals surface area (Å²) in [5.74, 6) is -0.960. The molecule has 1 aromatic heterocycles. The lowest BCUT2D eigenvalue weighted by Crippen LogP contribution is -2.39. The van der Waals surface area contributed by atoms with Gasteiger partial charge in [0.1, 0.15) is 0 Å². The fourth-order valence-electron chi connectivity index (χ4n) is 3.25. The number of hydrogen-bond donors (Lipinski definition) is 1. The molecule has 0 bridgehead atoms. The van der Waals surface area contributed by atoms with Gasteiger partial charge in [0, 0.05) is 12.4 Å². The third-order valence-electron chi connectivity index (χ3n) is 4.53. The predicted molar refractivity (Wildman–Crippen MR) is 94.5 cm³/mol. The van der Waals surface area contributed by atoms with Crippen LogP contribution < -0.4 is 0 Å². The maximum absolute atomic E-state index is 11.2. The Bertz CT molecular complexity index is 716. The number of piperidine rings is 1. The quantitative estimate of drug-likeness (QED) is 0.879. The SMILES string of the molecule is O=C(O)C1CCN(C(c2ccncc2)c2ccc(Cl)c(Cl)c2)CC1. The van der Waals surface area contributed by atoms with Gasteiger partial charge >= 0.3 is 5.97 Å². The lowest BCUT2D eigenvalue weighted by molar-refractivity contribution is -0.143. The van der Waals surface area contributed by atoms with E-state index in [0.717, 1.165) is 24.2 Å². The Morgan fingerprint density at radius 3 is 2.33 bits per heavy atom. The van der Waals surface area contributed by atoms with Crippen LogP contribution in [-0.4, -0.2) is 34.0 Å². The van der Waals surface area contributed by atoms with Gasteiger partial charge in [-0.3, -0.25) is 14.7 Å². The number of likely N-dealkylation sites (tertiary alicyclic amines) is 1. The molecule has 1 saturated heterocycles. The van der Waals surface area contributed by atoms with Crippen LogP contribution >= 0.6 is 23.2 Å². The molecule has 3 rings (SSSR count). The third-order valence-corrected chi connectivity index (χ3v) is 5.26. The number of pyridine rings is 1. The van der Waals surface area contributed by atoms with Crippen LogP contribution in [0.3, 0.4) is 0 Å². The summed E-state index contributed by atoms with van der Waals surface area (Å²) >= 11 is 12.3. The van der Waals surface area contributed by atoms with Gasteiger partial charge in [0.05, 0.1) is 22.0 Å². The molecule has 4 nitrogen and oxygen atoms in total. The summed E-state index contributed by atoms with van der Waals surface area (Å²) in [6.07, 6.45) is 4.84. The topological polar surface area (TPSA) is 53.4 Å². The van der Waals surface area contributed by atoms with Crippen LogP contribution in [0.5, 0.6) is 0 Å². The molecule has 0 spiro atoms. The van der Waals surface area contributed by atoms with Crippen molar-refractivity contribution in [3.8, 4) is 0 Å². The number of aliphatic carboxylic acids is 1. The van der Waals surface area contributed by atoms with Gasteiger partial charge in [-0.2, -0.15) is 0 Å². The van der Waals surface area contributed by atoms with Gasteiger partial charge in [-0.25, -0.2) is 0 Å². The van der Waals surface area contributed by atoms with Crippen molar-refractivity contribution >= 4 is 29.2 Å². The largest absolute Gasteiger partial charge is 0.481 e. The van der Waals surface area contributed by atoms with Crippen molar-refractivity contribution in [2.75, 3.05) is 13.1 Å². The average molecular weight is 365 g/mol. The van der Waals surface area contributed by atoms with Crippen LogP contribution in [0.2, 0.25) is 10.0 Å². The normalized spacial score (nSPS) is 17.6. The van der Waals surface area contributed by atoms with E-state index >= 15 is 0 Å². The van der Waals surface area contributed by atoms with Gasteiger partial charge in [-0.05, 0) is 61.3 Å². The average Bonchev–Trinajstić information content (AvgIpc) is 2.60. The highest BCUT2D eigenvalue weighted by Crippen LogP contribution is 2.35. The molecule has 1 aliphatic rings. The number of nitrogens with zero attached hydrogens (tertiary/aromatic N) is 2. The van der Waals surface area contributed by atoms with E-state index in [1.165, 1.54) is 0 Å². The molecule has 1 unspecified atom stereocenters. The van der Waals surface area contributed by atoms with Gasteiger partial charge < -0.3 is 5.11 Å². The monoisotopic (exact) mass is 364 g/mol. The molecule has 1 N–H and O–H groups in total. The summed E-state index contributed by atoms with van der Waals surface area (Å²) in [4.78, 5) is 17.6. The highest BCUT2D eigenvalue weighted by molar-refractivity contribution is 6.42. The third kappa shape index (κ3) is 3.72. The van der Waals surface area contributed by atoms with E-state index in [9.17, 15) is 9.90 Å². The molecule has 1 aromatic carbocycles. The molecule has 0 amide bonds. The van der Waals surface area contributed by atoms with E-state index in [2.05, 4.69) is 9.88 Å². The maximum Gasteiger partial charge on any atom is 0.306 e. The second-order valence-electron chi connectivity index (χ2n) is 6.01. The minimum absolute atomic E-state index is 0.0116. The van der Waals surface area contributed by atoms with Crippen molar-refractivity contribution in [2.45, 2.75) is 18.9 Å². The second kappa shape index (κ2) is 7.51. The fraction of sp³-hybridized carbons (Fsp3) is 0.333. The van der Waals surface area contributed by atoms with E-state index in [4.69, 9.17) is 23.2 Å². The van der Waals surface area contributed by atoms with Crippen molar-refractivity contribution in [1.82, 2.24) is 9.88 Å². The molecule has 2 heterocycles. The molecule has 6 heteroatoms.